The van der Waals surface area contributed by atoms with E-state index in [1.54, 1.807) is 6.26 Å². The quantitative estimate of drug-likeness (QED) is 0.470. The molecule has 1 saturated heterocycles. The lowest BCUT2D eigenvalue weighted by Gasteiger charge is -2.34. The highest BCUT2D eigenvalue weighted by Gasteiger charge is 2.24. The Kier molecular flexibility index (Phi) is 7.55. The lowest BCUT2D eigenvalue weighted by molar-refractivity contribution is 0.0926. The molecule has 3 aromatic rings. The van der Waals surface area contributed by atoms with Crippen molar-refractivity contribution < 1.29 is 9.32 Å². The third-order valence-corrected chi connectivity index (χ3v) is 8.42. The van der Waals surface area contributed by atoms with Crippen molar-refractivity contribution in [2.45, 2.75) is 44.9 Å². The van der Waals surface area contributed by atoms with Gasteiger partial charge in [-0.2, -0.15) is 0 Å². The van der Waals surface area contributed by atoms with Crippen molar-refractivity contribution in [3.63, 3.8) is 0 Å². The van der Waals surface area contributed by atoms with E-state index in [1.165, 1.54) is 12.0 Å². The molecule has 1 aliphatic heterocycles. The summed E-state index contributed by atoms with van der Waals surface area (Å²) in [5.41, 5.74) is 4.09. The van der Waals surface area contributed by atoms with Gasteiger partial charge in [0.05, 0.1) is 11.2 Å². The molecule has 4 heterocycles. The molecule has 0 radical (unpaired) electrons. The van der Waals surface area contributed by atoms with Crippen molar-refractivity contribution in [2.24, 2.45) is 5.92 Å². The molecule has 7 nitrogen and oxygen atoms in total. The molecule has 8 heteroatoms. The number of rotatable bonds is 7. The zero-order valence-electron chi connectivity index (χ0n) is 20.8. The third-order valence-electron chi connectivity index (χ3n) is 7.24. The van der Waals surface area contributed by atoms with Gasteiger partial charge in [-0.15, -0.1) is 0 Å². The molecule has 1 fully saturated rings. The molecule has 36 heavy (non-hydrogen) atoms. The van der Waals surface area contributed by atoms with Crippen LogP contribution in [0.5, 0.6) is 0 Å². The predicted molar refractivity (Wildman–Crippen MR) is 145 cm³/mol. The van der Waals surface area contributed by atoms with Gasteiger partial charge in [0.2, 0.25) is 0 Å². The van der Waals surface area contributed by atoms with Gasteiger partial charge in [0.1, 0.15) is 12.0 Å². The Morgan fingerprint density at radius 1 is 1.25 bits per heavy atom. The number of anilines is 1. The summed E-state index contributed by atoms with van der Waals surface area (Å²) in [5.74, 6) is 1.35. The van der Waals surface area contributed by atoms with Crippen LogP contribution in [-0.4, -0.2) is 49.8 Å². The van der Waals surface area contributed by atoms with Crippen LogP contribution in [0.1, 0.15) is 43.4 Å². The minimum Gasteiger partial charge on any atom is -0.378 e. The number of aliphatic hydroxyl groups excluding tert-OH is 1. The van der Waals surface area contributed by atoms with Crippen molar-refractivity contribution in [1.29, 1.82) is 0 Å². The molecule has 2 aliphatic rings. The van der Waals surface area contributed by atoms with Crippen LogP contribution in [-0.2, 0) is 17.3 Å². The summed E-state index contributed by atoms with van der Waals surface area (Å²) in [5, 5.41) is 14.9. The Hall–Kier alpha value is -2.94. The van der Waals surface area contributed by atoms with Crippen LogP contribution in [0.15, 0.2) is 71.6 Å². The first-order valence-electron chi connectivity index (χ1n) is 12.5. The Morgan fingerprint density at radius 3 is 2.89 bits per heavy atom. The molecule has 4 unspecified atom stereocenters. The molecule has 0 aromatic carbocycles. The van der Waals surface area contributed by atoms with Gasteiger partial charge in [0.25, 0.3) is 0 Å². The van der Waals surface area contributed by atoms with Gasteiger partial charge in [-0.1, -0.05) is 12.2 Å². The van der Waals surface area contributed by atoms with E-state index < -0.39 is 17.0 Å². The van der Waals surface area contributed by atoms with E-state index in [0.717, 1.165) is 52.4 Å². The molecule has 5 rings (SSSR count). The lowest BCUT2D eigenvalue weighted by Crippen LogP contribution is -2.36. The van der Waals surface area contributed by atoms with E-state index in [-0.39, 0.29) is 5.92 Å². The number of fused-ring (bicyclic) bond motifs is 1. The van der Waals surface area contributed by atoms with Crippen LogP contribution < -0.4 is 10.2 Å². The molecule has 0 spiro atoms. The van der Waals surface area contributed by atoms with Crippen LogP contribution in [0.3, 0.4) is 0 Å². The first kappa shape index (κ1) is 24.7. The second-order valence-electron chi connectivity index (χ2n) is 9.72. The molecule has 2 N–H and O–H groups in total. The number of nitrogens with one attached hydrogen (secondary N) is 1. The van der Waals surface area contributed by atoms with Crippen molar-refractivity contribution >= 4 is 27.5 Å². The summed E-state index contributed by atoms with van der Waals surface area (Å²) in [6.45, 7) is 4.34. The highest BCUT2D eigenvalue weighted by Crippen LogP contribution is 2.30. The minimum absolute atomic E-state index is 0.120. The van der Waals surface area contributed by atoms with Gasteiger partial charge >= 0.3 is 0 Å². The largest absolute Gasteiger partial charge is 0.378 e. The average molecular weight is 504 g/mol. The van der Waals surface area contributed by atoms with Gasteiger partial charge in [0.15, 0.2) is 0 Å². The van der Waals surface area contributed by atoms with E-state index >= 15 is 0 Å². The van der Waals surface area contributed by atoms with Gasteiger partial charge in [-0.05, 0) is 67.7 Å². The van der Waals surface area contributed by atoms with Crippen LogP contribution in [0.25, 0.3) is 10.9 Å². The Balaban J connectivity index is 1.26. The maximum Gasteiger partial charge on any atom is 0.129 e. The maximum atomic E-state index is 12.0. The third kappa shape index (κ3) is 5.56. The summed E-state index contributed by atoms with van der Waals surface area (Å²) in [6, 6.07) is 10.4. The number of piperidine rings is 1. The van der Waals surface area contributed by atoms with Gasteiger partial charge in [0, 0.05) is 77.4 Å². The molecule has 0 bridgehead atoms. The summed E-state index contributed by atoms with van der Waals surface area (Å²) in [7, 11) is -1.03. The topological polar surface area (TPSA) is 91.2 Å². The maximum absolute atomic E-state index is 12.0. The number of nitrogens with zero attached hydrogens (tertiary/aromatic N) is 4. The fourth-order valence-electron chi connectivity index (χ4n) is 5.14. The van der Waals surface area contributed by atoms with Crippen LogP contribution in [0.4, 0.5) is 5.82 Å². The second-order valence-corrected chi connectivity index (χ2v) is 11.1. The molecular weight excluding hydrogens is 470 g/mol. The molecule has 3 aromatic heterocycles. The molecule has 0 saturated carbocycles. The smallest absolute Gasteiger partial charge is 0.129 e. The SMILES string of the molecule is CC1=C(S(C)=O)CC(C(O)NCc2cc3nc(N4CCCC(c5ccncc5)C4)ccc3cn2)C=C1. The summed E-state index contributed by atoms with van der Waals surface area (Å²) in [6.07, 6.45) is 13.4. The number of allylic oxidation sites excluding steroid dienone is 3. The van der Waals surface area contributed by atoms with Crippen molar-refractivity contribution in [3.05, 3.63) is 82.8 Å². The molecule has 0 amide bonds. The highest BCUT2D eigenvalue weighted by molar-refractivity contribution is 7.88. The van der Waals surface area contributed by atoms with Crippen molar-refractivity contribution in [2.75, 3.05) is 24.2 Å². The van der Waals surface area contributed by atoms with Gasteiger partial charge < -0.3 is 10.0 Å². The summed E-state index contributed by atoms with van der Waals surface area (Å²) in [4.78, 5) is 17.0. The van der Waals surface area contributed by atoms with Crippen molar-refractivity contribution in [1.82, 2.24) is 20.3 Å². The van der Waals surface area contributed by atoms with E-state index in [9.17, 15) is 9.32 Å². The van der Waals surface area contributed by atoms with Crippen LogP contribution in [0.2, 0.25) is 0 Å². The first-order chi connectivity index (χ1) is 17.5. The van der Waals surface area contributed by atoms with E-state index in [1.807, 2.05) is 43.7 Å². The summed E-state index contributed by atoms with van der Waals surface area (Å²) < 4.78 is 12.0. The number of hydrogen-bond acceptors (Lipinski definition) is 7. The fraction of sp³-hybridized carbons (Fsp3) is 0.393. The second kappa shape index (κ2) is 11.0. The number of pyridine rings is 3. The van der Waals surface area contributed by atoms with Crippen LogP contribution in [0, 0.1) is 5.92 Å². The zero-order valence-corrected chi connectivity index (χ0v) is 21.6. The minimum atomic E-state index is -1.03. The predicted octanol–water partition coefficient (Wildman–Crippen LogP) is 4.05. The van der Waals surface area contributed by atoms with Crippen molar-refractivity contribution in [3.8, 4) is 0 Å². The van der Waals surface area contributed by atoms with E-state index in [4.69, 9.17) is 4.98 Å². The Bertz CT molecular complexity index is 1310. The van der Waals surface area contributed by atoms with Crippen LogP contribution >= 0.6 is 0 Å². The molecular formula is C28H33N5O2S. The number of aromatic nitrogens is 3. The molecule has 188 valence electrons. The number of hydrogen-bond donors (Lipinski definition) is 2. The highest BCUT2D eigenvalue weighted by atomic mass is 32.2. The van der Waals surface area contributed by atoms with Gasteiger partial charge in [-0.3, -0.25) is 19.5 Å². The van der Waals surface area contributed by atoms with E-state index in [0.29, 0.717) is 18.9 Å². The molecule has 1 aliphatic carbocycles. The first-order valence-corrected chi connectivity index (χ1v) is 14.1. The number of aliphatic hydroxyl groups is 1. The molecule has 4 atom stereocenters. The standard InChI is InChI=1S/C28H33N5O2S/c1-19-5-6-21(14-26(19)36(2)35)28(34)31-17-24-15-25-22(16-30-24)7-8-27(32-25)33-13-3-4-23(18-33)20-9-11-29-12-10-20/h5-12,15-16,21,23,28,31,34H,3-4,13-14,17-18H2,1-2H3. The normalized spacial score (nSPS) is 22.1. The Morgan fingerprint density at radius 2 is 2.08 bits per heavy atom. The zero-order chi connectivity index (χ0) is 25.1. The Labute approximate surface area is 214 Å². The summed E-state index contributed by atoms with van der Waals surface area (Å²) >= 11 is 0. The van der Waals surface area contributed by atoms with Gasteiger partial charge in [-0.25, -0.2) is 4.98 Å². The average Bonchev–Trinajstić information content (AvgIpc) is 2.92. The lowest BCUT2D eigenvalue weighted by atomic mass is 9.91. The van der Waals surface area contributed by atoms with E-state index in [2.05, 4.69) is 44.5 Å². The fourth-order valence-corrected chi connectivity index (χ4v) is 6.09. The monoisotopic (exact) mass is 503 g/mol.